The Balaban J connectivity index is 2.30. The third-order valence-corrected chi connectivity index (χ3v) is 4.08. The minimum absolute atomic E-state index is 0.142. The van der Waals surface area contributed by atoms with Crippen LogP contribution in [0.1, 0.15) is 36.1 Å². The Morgan fingerprint density at radius 3 is 1.90 bits per heavy atom. The summed E-state index contributed by atoms with van der Waals surface area (Å²) in [6.07, 6.45) is 0.764. The van der Waals surface area contributed by atoms with E-state index in [0.717, 1.165) is 28.7 Å². The number of carbonyl (C=O) groups excluding carboxylic acids is 1. The number of hydrogen-bond acceptors (Lipinski definition) is 2. The monoisotopic (exact) mass is 266 g/mol. The fourth-order valence-corrected chi connectivity index (χ4v) is 3.09. The second kappa shape index (κ2) is 4.57. The van der Waals surface area contributed by atoms with E-state index in [-0.39, 0.29) is 11.7 Å². The van der Waals surface area contributed by atoms with E-state index in [0.29, 0.717) is 0 Å². The van der Waals surface area contributed by atoms with Gasteiger partial charge in [0.05, 0.1) is 0 Å². The van der Waals surface area contributed by atoms with Crippen molar-refractivity contribution in [3.05, 3.63) is 70.8 Å². The highest BCUT2D eigenvalue weighted by Gasteiger charge is 2.45. The zero-order valence-electron chi connectivity index (χ0n) is 11.8. The highest BCUT2D eigenvalue weighted by molar-refractivity contribution is 5.94. The van der Waals surface area contributed by atoms with Crippen molar-refractivity contribution >= 4 is 5.78 Å². The van der Waals surface area contributed by atoms with Crippen LogP contribution in [0.5, 0.6) is 0 Å². The van der Waals surface area contributed by atoms with Gasteiger partial charge in [-0.25, -0.2) is 0 Å². The second-order valence-corrected chi connectivity index (χ2v) is 5.72. The van der Waals surface area contributed by atoms with Gasteiger partial charge in [-0.15, -0.1) is 0 Å². The molecule has 2 nitrogen and oxygen atoms in total. The van der Waals surface area contributed by atoms with Gasteiger partial charge in [-0.3, -0.25) is 4.79 Å². The minimum atomic E-state index is -1.51. The maximum Gasteiger partial charge on any atom is 0.176 e. The summed E-state index contributed by atoms with van der Waals surface area (Å²) < 4.78 is 0. The van der Waals surface area contributed by atoms with Crippen LogP contribution in [0.15, 0.2) is 48.5 Å². The smallest absolute Gasteiger partial charge is 0.176 e. The molecule has 3 rings (SSSR count). The molecular formula is C18H18O2. The van der Waals surface area contributed by atoms with E-state index >= 15 is 0 Å². The van der Waals surface area contributed by atoms with Gasteiger partial charge in [0.25, 0.3) is 0 Å². The SMILES string of the molecule is CC(C)C(=O)C1(O)c2ccccc2Cc2ccccc21. The van der Waals surface area contributed by atoms with Gasteiger partial charge in [0.1, 0.15) is 0 Å². The Kier molecular flexibility index (Phi) is 2.98. The third kappa shape index (κ3) is 1.72. The highest BCUT2D eigenvalue weighted by atomic mass is 16.3. The van der Waals surface area contributed by atoms with Crippen molar-refractivity contribution in [2.24, 2.45) is 5.92 Å². The van der Waals surface area contributed by atoms with Crippen LogP contribution in [-0.4, -0.2) is 10.9 Å². The molecule has 1 N–H and O–H groups in total. The molecule has 0 radical (unpaired) electrons. The zero-order valence-corrected chi connectivity index (χ0v) is 11.8. The average molecular weight is 266 g/mol. The lowest BCUT2D eigenvalue weighted by atomic mass is 9.70. The molecule has 1 aliphatic rings. The Morgan fingerprint density at radius 2 is 1.45 bits per heavy atom. The molecule has 0 aromatic heterocycles. The van der Waals surface area contributed by atoms with Crippen LogP contribution >= 0.6 is 0 Å². The molecule has 0 unspecified atom stereocenters. The number of aliphatic hydroxyl groups is 1. The number of ketones is 1. The summed E-state index contributed by atoms with van der Waals surface area (Å²) in [5.74, 6) is -0.365. The molecule has 0 spiro atoms. The summed E-state index contributed by atoms with van der Waals surface area (Å²) in [7, 11) is 0. The van der Waals surface area contributed by atoms with Crippen molar-refractivity contribution in [1.29, 1.82) is 0 Å². The van der Waals surface area contributed by atoms with Crippen molar-refractivity contribution in [2.45, 2.75) is 25.9 Å². The summed E-state index contributed by atoms with van der Waals surface area (Å²) in [5, 5.41) is 11.3. The van der Waals surface area contributed by atoms with E-state index in [1.54, 1.807) is 0 Å². The molecule has 0 bridgehead atoms. The summed E-state index contributed by atoms with van der Waals surface area (Å²) in [6.45, 7) is 3.67. The lowest BCUT2D eigenvalue weighted by Gasteiger charge is -2.36. The Bertz CT molecular complexity index is 625. The molecule has 0 fully saturated rings. The molecule has 2 heteroatoms. The minimum Gasteiger partial charge on any atom is -0.373 e. The number of hydrogen-bond donors (Lipinski definition) is 1. The van der Waals surface area contributed by atoms with E-state index in [1.165, 1.54) is 0 Å². The first kappa shape index (κ1) is 13.1. The van der Waals surface area contributed by atoms with E-state index in [1.807, 2.05) is 62.4 Å². The van der Waals surface area contributed by atoms with Crippen LogP contribution < -0.4 is 0 Å². The van der Waals surface area contributed by atoms with Gasteiger partial charge in [-0.05, 0) is 28.7 Å². The summed E-state index contributed by atoms with van der Waals surface area (Å²) in [4.78, 5) is 12.7. The van der Waals surface area contributed by atoms with Crippen LogP contribution in [0.2, 0.25) is 0 Å². The summed E-state index contributed by atoms with van der Waals surface area (Å²) in [5.41, 5.74) is 2.01. The number of carbonyl (C=O) groups is 1. The van der Waals surface area contributed by atoms with Gasteiger partial charge < -0.3 is 5.11 Å². The number of benzene rings is 2. The Morgan fingerprint density at radius 1 is 1.00 bits per heavy atom. The van der Waals surface area contributed by atoms with Crippen molar-refractivity contribution in [1.82, 2.24) is 0 Å². The van der Waals surface area contributed by atoms with Gasteiger partial charge in [0.15, 0.2) is 11.4 Å². The fraction of sp³-hybridized carbons (Fsp3) is 0.278. The van der Waals surface area contributed by atoms with Crippen molar-refractivity contribution in [2.75, 3.05) is 0 Å². The molecule has 0 saturated heterocycles. The average Bonchev–Trinajstić information content (AvgIpc) is 2.46. The lowest BCUT2D eigenvalue weighted by molar-refractivity contribution is -0.137. The molecule has 0 saturated carbocycles. The Hall–Kier alpha value is -1.93. The van der Waals surface area contributed by atoms with E-state index < -0.39 is 5.60 Å². The third-order valence-electron chi connectivity index (χ3n) is 4.08. The van der Waals surface area contributed by atoms with Crippen LogP contribution in [0.3, 0.4) is 0 Å². The maximum absolute atomic E-state index is 12.7. The van der Waals surface area contributed by atoms with Gasteiger partial charge in [0.2, 0.25) is 0 Å². The molecule has 0 aliphatic heterocycles. The fourth-order valence-electron chi connectivity index (χ4n) is 3.09. The zero-order chi connectivity index (χ0) is 14.3. The van der Waals surface area contributed by atoms with E-state index in [4.69, 9.17) is 0 Å². The van der Waals surface area contributed by atoms with Gasteiger partial charge in [-0.2, -0.15) is 0 Å². The first-order chi connectivity index (χ1) is 9.55. The summed E-state index contributed by atoms with van der Waals surface area (Å²) >= 11 is 0. The van der Waals surface area contributed by atoms with Crippen LogP contribution in [0, 0.1) is 5.92 Å². The van der Waals surface area contributed by atoms with Gasteiger partial charge in [0, 0.05) is 5.92 Å². The highest BCUT2D eigenvalue weighted by Crippen LogP contribution is 2.41. The molecule has 102 valence electrons. The topological polar surface area (TPSA) is 37.3 Å². The molecule has 2 aromatic rings. The van der Waals surface area contributed by atoms with E-state index in [2.05, 4.69) is 0 Å². The van der Waals surface area contributed by atoms with Crippen LogP contribution in [-0.2, 0) is 16.8 Å². The standard InChI is InChI=1S/C18H18O2/c1-12(2)17(19)18(20)15-9-5-3-7-13(15)11-14-8-4-6-10-16(14)18/h3-10,12,20H,11H2,1-2H3. The number of rotatable bonds is 2. The van der Waals surface area contributed by atoms with Crippen LogP contribution in [0.4, 0.5) is 0 Å². The van der Waals surface area contributed by atoms with Crippen molar-refractivity contribution in [3.63, 3.8) is 0 Å². The molecule has 20 heavy (non-hydrogen) atoms. The lowest BCUT2D eigenvalue weighted by Crippen LogP contribution is -2.43. The largest absolute Gasteiger partial charge is 0.373 e. The molecule has 0 atom stereocenters. The van der Waals surface area contributed by atoms with Gasteiger partial charge >= 0.3 is 0 Å². The predicted molar refractivity (Wildman–Crippen MR) is 78.5 cm³/mol. The van der Waals surface area contributed by atoms with Crippen molar-refractivity contribution < 1.29 is 9.90 Å². The molecule has 1 aliphatic carbocycles. The maximum atomic E-state index is 12.7. The van der Waals surface area contributed by atoms with Crippen LogP contribution in [0.25, 0.3) is 0 Å². The number of fused-ring (bicyclic) bond motifs is 2. The first-order valence-electron chi connectivity index (χ1n) is 6.98. The molecule has 2 aromatic carbocycles. The van der Waals surface area contributed by atoms with Gasteiger partial charge in [-0.1, -0.05) is 62.4 Å². The quantitative estimate of drug-likeness (QED) is 0.907. The molecular weight excluding hydrogens is 248 g/mol. The Labute approximate surface area is 119 Å². The summed E-state index contributed by atoms with van der Waals surface area (Å²) in [6, 6.07) is 15.4. The van der Waals surface area contributed by atoms with Crippen molar-refractivity contribution in [3.8, 4) is 0 Å². The molecule has 0 heterocycles. The second-order valence-electron chi connectivity index (χ2n) is 5.72. The van der Waals surface area contributed by atoms with E-state index in [9.17, 15) is 9.90 Å². The molecule has 0 amide bonds. The normalized spacial score (nSPS) is 15.6. The first-order valence-corrected chi connectivity index (χ1v) is 6.98. The number of Topliss-reactive ketones (excluding diaryl/α,β-unsaturated/α-hetero) is 1. The predicted octanol–water partition coefficient (Wildman–Crippen LogP) is 3.05.